The first-order valence-corrected chi connectivity index (χ1v) is 5.21. The molecule has 0 bridgehead atoms. The number of likely N-dealkylation sites (tertiary alicyclic amines) is 1. The van der Waals surface area contributed by atoms with E-state index in [1.807, 2.05) is 0 Å². The molecule has 1 aromatic rings. The quantitative estimate of drug-likeness (QED) is 0.597. The molecule has 0 aliphatic carbocycles. The predicted octanol–water partition coefficient (Wildman–Crippen LogP) is 1.21. The van der Waals surface area contributed by atoms with E-state index < -0.39 is 0 Å². The lowest BCUT2D eigenvalue weighted by Crippen LogP contribution is -2.29. The van der Waals surface area contributed by atoms with Crippen LogP contribution in [-0.2, 0) is 4.79 Å². The van der Waals surface area contributed by atoms with Gasteiger partial charge in [0.1, 0.15) is 0 Å². The molecule has 1 aliphatic rings. The fourth-order valence-electron chi connectivity index (χ4n) is 1.82. The number of Topliss-reactive ketones (excluding diaryl/α,β-unsaturated/α-hetero) is 1. The Labute approximate surface area is 88.3 Å². The Morgan fingerprint density at radius 2 is 2.07 bits per heavy atom. The zero-order valence-electron chi connectivity index (χ0n) is 8.53. The van der Waals surface area contributed by atoms with Crippen LogP contribution in [0.1, 0.15) is 29.6 Å². The largest absolute Gasteiger partial charge is 0.367 e. The summed E-state index contributed by atoms with van der Waals surface area (Å²) in [6.45, 7) is 1.61. The molecule has 1 amide bonds. The topological polar surface area (TPSA) is 53.2 Å². The number of amides is 1. The molecule has 0 atom stereocenters. The van der Waals surface area contributed by atoms with Crippen LogP contribution >= 0.6 is 0 Å². The lowest BCUT2D eigenvalue weighted by atomic mass is 10.1. The highest BCUT2D eigenvalue weighted by atomic mass is 16.2. The van der Waals surface area contributed by atoms with Crippen LogP contribution in [-0.4, -0.2) is 34.7 Å². The average molecular weight is 206 g/mol. The van der Waals surface area contributed by atoms with Crippen molar-refractivity contribution in [1.82, 2.24) is 9.88 Å². The van der Waals surface area contributed by atoms with Crippen LogP contribution in [0, 0.1) is 0 Å². The van der Waals surface area contributed by atoms with Crippen molar-refractivity contribution >= 4 is 11.7 Å². The highest BCUT2D eigenvalue weighted by molar-refractivity contribution is 6.07. The predicted molar refractivity (Wildman–Crippen MR) is 55.6 cm³/mol. The second-order valence-corrected chi connectivity index (χ2v) is 3.79. The molecule has 4 heteroatoms. The summed E-state index contributed by atoms with van der Waals surface area (Å²) < 4.78 is 0. The standard InChI is InChI=1S/C11H14N2O2/c14-10(9-3-4-12-8-9)7-11(15)13-5-1-2-6-13/h3-4,8,12H,1-2,5-7H2. The Bertz CT molecular complexity index is 351. The number of carbonyl (C=O) groups is 2. The van der Waals surface area contributed by atoms with E-state index in [4.69, 9.17) is 0 Å². The van der Waals surface area contributed by atoms with Crippen molar-refractivity contribution in [2.75, 3.05) is 13.1 Å². The van der Waals surface area contributed by atoms with Gasteiger partial charge in [-0.3, -0.25) is 9.59 Å². The van der Waals surface area contributed by atoms with Gasteiger partial charge in [-0.1, -0.05) is 0 Å². The van der Waals surface area contributed by atoms with Gasteiger partial charge in [-0.05, 0) is 18.9 Å². The van der Waals surface area contributed by atoms with Crippen LogP contribution in [0.4, 0.5) is 0 Å². The number of aromatic amines is 1. The van der Waals surface area contributed by atoms with Gasteiger partial charge < -0.3 is 9.88 Å². The molecule has 4 nitrogen and oxygen atoms in total. The maximum Gasteiger partial charge on any atom is 0.230 e. The number of rotatable bonds is 3. The minimum atomic E-state index is -0.104. The van der Waals surface area contributed by atoms with E-state index in [2.05, 4.69) is 4.98 Å². The lowest BCUT2D eigenvalue weighted by Gasteiger charge is -2.13. The first-order chi connectivity index (χ1) is 7.27. The summed E-state index contributed by atoms with van der Waals surface area (Å²) in [6.07, 6.45) is 5.43. The molecule has 0 unspecified atom stereocenters. The number of carbonyl (C=O) groups excluding carboxylic acids is 2. The van der Waals surface area contributed by atoms with Crippen LogP contribution in [0.5, 0.6) is 0 Å². The van der Waals surface area contributed by atoms with Gasteiger partial charge >= 0.3 is 0 Å². The molecule has 1 fully saturated rings. The highest BCUT2D eigenvalue weighted by Crippen LogP contribution is 2.10. The third kappa shape index (κ3) is 2.26. The summed E-state index contributed by atoms with van der Waals surface area (Å²) in [5.74, 6) is -0.146. The van der Waals surface area contributed by atoms with E-state index in [9.17, 15) is 9.59 Å². The Kier molecular flexibility index (Phi) is 2.85. The molecule has 0 aromatic carbocycles. The molecule has 1 aliphatic heterocycles. The third-order valence-corrected chi connectivity index (χ3v) is 2.69. The van der Waals surface area contributed by atoms with E-state index in [0.717, 1.165) is 25.9 Å². The number of aromatic nitrogens is 1. The molecular weight excluding hydrogens is 192 g/mol. The van der Waals surface area contributed by atoms with Crippen molar-refractivity contribution in [3.63, 3.8) is 0 Å². The van der Waals surface area contributed by atoms with Gasteiger partial charge in [0, 0.05) is 31.0 Å². The molecule has 0 radical (unpaired) electrons. The van der Waals surface area contributed by atoms with Crippen LogP contribution in [0.25, 0.3) is 0 Å². The summed E-state index contributed by atoms with van der Waals surface area (Å²) >= 11 is 0. The molecule has 0 spiro atoms. The van der Waals surface area contributed by atoms with Crippen LogP contribution in [0.3, 0.4) is 0 Å². The molecule has 15 heavy (non-hydrogen) atoms. The maximum atomic E-state index is 11.6. The molecule has 80 valence electrons. The molecule has 0 saturated carbocycles. The summed E-state index contributed by atoms with van der Waals surface area (Å²) in [4.78, 5) is 27.8. The van der Waals surface area contributed by atoms with E-state index in [1.165, 1.54) is 0 Å². The molecule has 1 aromatic heterocycles. The minimum absolute atomic E-state index is 0.00213. The van der Waals surface area contributed by atoms with Crippen LogP contribution in [0.2, 0.25) is 0 Å². The van der Waals surface area contributed by atoms with E-state index in [0.29, 0.717) is 5.56 Å². The lowest BCUT2D eigenvalue weighted by molar-refractivity contribution is -0.129. The van der Waals surface area contributed by atoms with Crippen molar-refractivity contribution in [1.29, 1.82) is 0 Å². The number of hydrogen-bond acceptors (Lipinski definition) is 2. The van der Waals surface area contributed by atoms with Crippen LogP contribution in [0.15, 0.2) is 18.5 Å². The molecule has 2 heterocycles. The third-order valence-electron chi connectivity index (χ3n) is 2.69. The first kappa shape index (κ1) is 9.96. The Balaban J connectivity index is 1.91. The second-order valence-electron chi connectivity index (χ2n) is 3.79. The molecule has 1 N–H and O–H groups in total. The molecular formula is C11H14N2O2. The van der Waals surface area contributed by atoms with Crippen molar-refractivity contribution < 1.29 is 9.59 Å². The number of H-pyrrole nitrogens is 1. The maximum absolute atomic E-state index is 11.6. The van der Waals surface area contributed by atoms with Crippen molar-refractivity contribution in [3.8, 4) is 0 Å². The second kappa shape index (κ2) is 4.29. The average Bonchev–Trinajstić information content (AvgIpc) is 2.91. The van der Waals surface area contributed by atoms with Gasteiger partial charge in [0.15, 0.2) is 5.78 Å². The van der Waals surface area contributed by atoms with Crippen LogP contribution < -0.4 is 0 Å². The number of ketones is 1. The Morgan fingerprint density at radius 1 is 1.33 bits per heavy atom. The van der Waals surface area contributed by atoms with Gasteiger partial charge in [-0.2, -0.15) is 0 Å². The van der Waals surface area contributed by atoms with E-state index in [-0.39, 0.29) is 18.1 Å². The summed E-state index contributed by atoms with van der Waals surface area (Å²) in [5.41, 5.74) is 0.586. The van der Waals surface area contributed by atoms with Gasteiger partial charge in [-0.25, -0.2) is 0 Å². The van der Waals surface area contributed by atoms with Crippen molar-refractivity contribution in [2.24, 2.45) is 0 Å². The zero-order valence-corrected chi connectivity index (χ0v) is 8.53. The SMILES string of the molecule is O=C(CC(=O)N1CCCC1)c1cc[nH]c1. The van der Waals surface area contributed by atoms with Gasteiger partial charge in [0.2, 0.25) is 5.91 Å². The number of nitrogens with zero attached hydrogens (tertiary/aromatic N) is 1. The highest BCUT2D eigenvalue weighted by Gasteiger charge is 2.20. The van der Waals surface area contributed by atoms with Crippen molar-refractivity contribution in [2.45, 2.75) is 19.3 Å². The minimum Gasteiger partial charge on any atom is -0.367 e. The van der Waals surface area contributed by atoms with Gasteiger partial charge in [0.25, 0.3) is 0 Å². The summed E-state index contributed by atoms with van der Waals surface area (Å²) in [7, 11) is 0. The molecule has 2 rings (SSSR count). The van der Waals surface area contributed by atoms with Gasteiger partial charge in [0.05, 0.1) is 6.42 Å². The summed E-state index contributed by atoms with van der Waals surface area (Å²) in [5, 5.41) is 0. The fourth-order valence-corrected chi connectivity index (χ4v) is 1.82. The Morgan fingerprint density at radius 3 is 2.67 bits per heavy atom. The smallest absolute Gasteiger partial charge is 0.230 e. The zero-order chi connectivity index (χ0) is 10.7. The van der Waals surface area contributed by atoms with E-state index >= 15 is 0 Å². The normalized spacial score (nSPS) is 15.6. The summed E-state index contributed by atoms with van der Waals surface area (Å²) in [6, 6.07) is 1.69. The number of hydrogen-bond donors (Lipinski definition) is 1. The van der Waals surface area contributed by atoms with Gasteiger partial charge in [-0.15, -0.1) is 0 Å². The Hall–Kier alpha value is -1.58. The van der Waals surface area contributed by atoms with Crippen molar-refractivity contribution in [3.05, 3.63) is 24.0 Å². The van der Waals surface area contributed by atoms with E-state index in [1.54, 1.807) is 23.4 Å². The first-order valence-electron chi connectivity index (χ1n) is 5.21. The number of nitrogens with one attached hydrogen (secondary N) is 1. The molecule has 1 saturated heterocycles. The monoisotopic (exact) mass is 206 g/mol. The fraction of sp³-hybridized carbons (Fsp3) is 0.455.